The van der Waals surface area contributed by atoms with Gasteiger partial charge in [0.05, 0.1) is 35.5 Å². The van der Waals surface area contributed by atoms with Crippen molar-refractivity contribution in [3.8, 4) is 6.07 Å². The molecular formula is C16H16N2O3S2. The van der Waals surface area contributed by atoms with Crippen LogP contribution in [-0.2, 0) is 14.3 Å². The van der Waals surface area contributed by atoms with Crippen LogP contribution in [-0.4, -0.2) is 24.6 Å². The molecule has 1 aliphatic heterocycles. The van der Waals surface area contributed by atoms with Gasteiger partial charge in [0, 0.05) is 16.1 Å². The van der Waals surface area contributed by atoms with Gasteiger partial charge in [0.25, 0.3) is 0 Å². The van der Waals surface area contributed by atoms with Crippen LogP contribution in [0.5, 0.6) is 0 Å². The highest BCUT2D eigenvalue weighted by Gasteiger charge is 2.33. The van der Waals surface area contributed by atoms with Crippen LogP contribution in [0, 0.1) is 11.3 Å². The first-order valence-electron chi connectivity index (χ1n) is 6.85. The average molecular weight is 348 g/mol. The Morgan fingerprint density at radius 3 is 2.78 bits per heavy atom. The van der Waals surface area contributed by atoms with Crippen LogP contribution in [0.4, 0.5) is 0 Å². The maximum atomic E-state index is 12.1. The molecule has 0 unspecified atom stereocenters. The quantitative estimate of drug-likeness (QED) is 0.824. The molecule has 0 fully saturated rings. The molecule has 1 atom stereocenters. The lowest BCUT2D eigenvalue weighted by Crippen LogP contribution is -2.27. The van der Waals surface area contributed by atoms with Crippen molar-refractivity contribution in [2.75, 3.05) is 12.9 Å². The summed E-state index contributed by atoms with van der Waals surface area (Å²) in [5.41, 5.74) is 1.76. The number of dihydropyridines is 1. The summed E-state index contributed by atoms with van der Waals surface area (Å²) in [6.07, 6.45) is 0. The van der Waals surface area contributed by atoms with Gasteiger partial charge < -0.3 is 10.1 Å². The lowest BCUT2D eigenvalue weighted by molar-refractivity contribution is -0.137. The monoisotopic (exact) mass is 348 g/mol. The van der Waals surface area contributed by atoms with Gasteiger partial charge in [-0.3, -0.25) is 9.59 Å². The van der Waals surface area contributed by atoms with Gasteiger partial charge in [-0.2, -0.15) is 5.26 Å². The van der Waals surface area contributed by atoms with Gasteiger partial charge in [-0.15, -0.1) is 11.3 Å². The van der Waals surface area contributed by atoms with E-state index in [0.29, 0.717) is 21.9 Å². The van der Waals surface area contributed by atoms with Crippen LogP contribution >= 0.6 is 23.1 Å². The first-order chi connectivity index (χ1) is 11.0. The van der Waals surface area contributed by atoms with E-state index >= 15 is 0 Å². The van der Waals surface area contributed by atoms with Gasteiger partial charge in [0.2, 0.25) is 0 Å². The number of carbonyl (C=O) groups is 2. The lowest BCUT2D eigenvalue weighted by Gasteiger charge is -2.28. The predicted molar refractivity (Wildman–Crippen MR) is 90.7 cm³/mol. The summed E-state index contributed by atoms with van der Waals surface area (Å²) in [4.78, 5) is 24.4. The SMILES string of the molecule is COC(=O)CSC1=C(C#N)[C@H](c2cccs2)C(C(C)=O)=C(C)N1. The van der Waals surface area contributed by atoms with Crippen LogP contribution in [0.1, 0.15) is 24.6 Å². The Morgan fingerprint density at radius 2 is 2.26 bits per heavy atom. The molecule has 2 heterocycles. The number of thiophene rings is 1. The summed E-state index contributed by atoms with van der Waals surface area (Å²) >= 11 is 2.71. The molecule has 2 rings (SSSR count). The fourth-order valence-corrected chi connectivity index (χ4v) is 4.19. The summed E-state index contributed by atoms with van der Waals surface area (Å²) in [5.74, 6) is -0.727. The Bertz CT molecular complexity index is 727. The number of ether oxygens (including phenoxy) is 1. The molecule has 23 heavy (non-hydrogen) atoms. The molecule has 0 bridgehead atoms. The third kappa shape index (κ3) is 3.66. The fourth-order valence-electron chi connectivity index (χ4n) is 2.42. The van der Waals surface area contributed by atoms with Crippen molar-refractivity contribution in [3.63, 3.8) is 0 Å². The van der Waals surface area contributed by atoms with E-state index in [4.69, 9.17) is 0 Å². The van der Waals surface area contributed by atoms with Gasteiger partial charge >= 0.3 is 5.97 Å². The number of nitrogens with zero attached hydrogens (tertiary/aromatic N) is 1. The van der Waals surface area contributed by atoms with Crippen molar-refractivity contribution < 1.29 is 14.3 Å². The Labute approximate surface area is 143 Å². The summed E-state index contributed by atoms with van der Waals surface area (Å²) in [6, 6.07) is 6.01. The molecule has 1 N–H and O–H groups in total. The van der Waals surface area contributed by atoms with Crippen molar-refractivity contribution >= 4 is 34.9 Å². The highest BCUT2D eigenvalue weighted by Crippen LogP contribution is 2.42. The number of nitrogens with one attached hydrogen (secondary N) is 1. The molecule has 0 saturated heterocycles. The number of ketones is 1. The van der Waals surface area contributed by atoms with Gasteiger partial charge in [-0.05, 0) is 25.3 Å². The van der Waals surface area contributed by atoms with Crippen LogP contribution in [0.15, 0.2) is 39.4 Å². The first-order valence-corrected chi connectivity index (χ1v) is 8.72. The highest BCUT2D eigenvalue weighted by molar-refractivity contribution is 8.03. The molecule has 1 aromatic rings. The molecule has 1 aliphatic rings. The summed E-state index contributed by atoms with van der Waals surface area (Å²) in [7, 11) is 1.32. The van der Waals surface area contributed by atoms with Crippen LogP contribution in [0.25, 0.3) is 0 Å². The number of methoxy groups -OCH3 is 1. The second-order valence-electron chi connectivity index (χ2n) is 4.89. The maximum Gasteiger partial charge on any atom is 0.316 e. The van der Waals surface area contributed by atoms with E-state index in [1.54, 1.807) is 0 Å². The molecule has 0 aliphatic carbocycles. The second kappa shape index (κ2) is 7.49. The number of nitriles is 1. The van der Waals surface area contributed by atoms with Crippen molar-refractivity contribution in [3.05, 3.63) is 44.3 Å². The largest absolute Gasteiger partial charge is 0.468 e. The topological polar surface area (TPSA) is 79.2 Å². The van der Waals surface area contributed by atoms with Crippen LogP contribution < -0.4 is 5.32 Å². The van der Waals surface area contributed by atoms with Crippen molar-refractivity contribution in [2.45, 2.75) is 19.8 Å². The first kappa shape index (κ1) is 17.3. The second-order valence-corrected chi connectivity index (χ2v) is 6.85. The van der Waals surface area contributed by atoms with E-state index in [1.165, 1.54) is 37.1 Å². The van der Waals surface area contributed by atoms with E-state index in [9.17, 15) is 14.9 Å². The molecule has 5 nitrogen and oxygen atoms in total. The van der Waals surface area contributed by atoms with Gasteiger partial charge in [0.1, 0.15) is 0 Å². The Hall–Kier alpha value is -2.04. The smallest absolute Gasteiger partial charge is 0.316 e. The van der Waals surface area contributed by atoms with Crippen molar-refractivity contribution in [1.29, 1.82) is 5.26 Å². The number of Topliss-reactive ketones (excluding diaryl/α,β-unsaturated/α-hetero) is 1. The van der Waals surface area contributed by atoms with Gasteiger partial charge in [-0.1, -0.05) is 17.8 Å². The Morgan fingerprint density at radius 1 is 1.52 bits per heavy atom. The molecule has 0 radical (unpaired) electrons. The highest BCUT2D eigenvalue weighted by atomic mass is 32.2. The van der Waals surface area contributed by atoms with Gasteiger partial charge in [0.15, 0.2) is 5.78 Å². The Kier molecular flexibility index (Phi) is 5.64. The third-order valence-corrected chi connectivity index (χ3v) is 5.34. The molecule has 1 aromatic heterocycles. The van der Waals surface area contributed by atoms with Crippen molar-refractivity contribution in [1.82, 2.24) is 5.32 Å². The van der Waals surface area contributed by atoms with E-state index < -0.39 is 0 Å². The zero-order valence-corrected chi connectivity index (χ0v) is 14.6. The summed E-state index contributed by atoms with van der Waals surface area (Å²) in [5, 5.41) is 15.2. The number of rotatable bonds is 5. The molecule has 0 saturated carbocycles. The fraction of sp³-hybridized carbons (Fsp3) is 0.312. The number of hydrogen-bond acceptors (Lipinski definition) is 7. The number of hydrogen-bond donors (Lipinski definition) is 1. The minimum absolute atomic E-state index is 0.0711. The lowest BCUT2D eigenvalue weighted by atomic mass is 9.85. The number of thioether (sulfide) groups is 1. The number of allylic oxidation sites excluding steroid dienone is 3. The zero-order chi connectivity index (χ0) is 17.0. The molecule has 0 amide bonds. The zero-order valence-electron chi connectivity index (χ0n) is 13.0. The standard InChI is InChI=1S/C16H16N2O3S2/c1-9-14(10(2)19)15(12-5-4-6-22-12)11(7-17)16(18-9)23-8-13(20)21-3/h4-6,15,18H,8H2,1-3H3/t15-/m1/s1. The minimum Gasteiger partial charge on any atom is -0.468 e. The molecular weight excluding hydrogens is 332 g/mol. The normalized spacial score (nSPS) is 17.6. The van der Waals surface area contributed by atoms with E-state index in [-0.39, 0.29) is 23.4 Å². The minimum atomic E-state index is -0.390. The maximum absolute atomic E-state index is 12.1. The number of carbonyl (C=O) groups excluding carboxylic acids is 2. The molecule has 0 aromatic carbocycles. The predicted octanol–water partition coefficient (Wildman–Crippen LogP) is 2.94. The van der Waals surface area contributed by atoms with Crippen LogP contribution in [0.3, 0.4) is 0 Å². The van der Waals surface area contributed by atoms with Gasteiger partial charge in [-0.25, -0.2) is 0 Å². The third-order valence-electron chi connectivity index (χ3n) is 3.42. The summed E-state index contributed by atoms with van der Waals surface area (Å²) < 4.78 is 4.64. The van der Waals surface area contributed by atoms with Crippen molar-refractivity contribution in [2.24, 2.45) is 0 Å². The van der Waals surface area contributed by atoms with E-state index in [1.807, 2.05) is 24.4 Å². The van der Waals surface area contributed by atoms with Crippen LogP contribution in [0.2, 0.25) is 0 Å². The molecule has 7 heteroatoms. The average Bonchev–Trinajstić information content (AvgIpc) is 3.05. The number of esters is 1. The van der Waals surface area contributed by atoms with E-state index in [2.05, 4.69) is 16.1 Å². The molecule has 0 spiro atoms. The summed E-state index contributed by atoms with van der Waals surface area (Å²) in [6.45, 7) is 3.31. The van der Waals surface area contributed by atoms with E-state index in [0.717, 1.165) is 4.88 Å². The Balaban J connectivity index is 2.47. The molecule has 120 valence electrons.